The van der Waals surface area contributed by atoms with Crippen molar-refractivity contribution in [2.24, 2.45) is 0 Å². The number of hydrogen-bond acceptors (Lipinski definition) is 1. The molecule has 0 unspecified atom stereocenters. The van der Waals surface area contributed by atoms with Gasteiger partial charge < -0.3 is 10.2 Å². The van der Waals surface area contributed by atoms with E-state index < -0.39 is 12.7 Å². The number of unbranched alkanes of at least 4 members (excludes halogenated alkanes) is 1. The molecule has 0 rings (SSSR count). The molecule has 0 aromatic rings. The number of hydrogen-bond donors (Lipinski definition) is 1. The van der Waals surface area contributed by atoms with E-state index in [2.05, 4.69) is 5.32 Å². The summed E-state index contributed by atoms with van der Waals surface area (Å²) in [5.74, 6) is 0. The van der Waals surface area contributed by atoms with Crippen molar-refractivity contribution < 1.29 is 13.2 Å². The fourth-order valence-corrected chi connectivity index (χ4v) is 1.32. The van der Waals surface area contributed by atoms with Crippen molar-refractivity contribution in [2.45, 2.75) is 32.9 Å². The van der Waals surface area contributed by atoms with Crippen LogP contribution >= 0.6 is 12.2 Å². The van der Waals surface area contributed by atoms with Crippen molar-refractivity contribution in [3.63, 3.8) is 0 Å². The molecule has 0 fully saturated rings. The third-order valence-corrected chi connectivity index (χ3v) is 2.25. The van der Waals surface area contributed by atoms with E-state index in [0.717, 1.165) is 17.7 Å². The zero-order valence-corrected chi connectivity index (χ0v) is 9.84. The van der Waals surface area contributed by atoms with Crippen molar-refractivity contribution in [1.82, 2.24) is 10.2 Å². The summed E-state index contributed by atoms with van der Waals surface area (Å²) in [5, 5.41) is 3.00. The van der Waals surface area contributed by atoms with Gasteiger partial charge in [0, 0.05) is 13.1 Å². The van der Waals surface area contributed by atoms with Gasteiger partial charge in [0.15, 0.2) is 5.11 Å². The van der Waals surface area contributed by atoms with E-state index in [9.17, 15) is 13.2 Å². The molecular weight excluding hydrogens is 225 g/mol. The van der Waals surface area contributed by atoms with E-state index in [1.54, 1.807) is 6.92 Å². The molecule has 0 saturated heterocycles. The summed E-state index contributed by atoms with van der Waals surface area (Å²) >= 11 is 4.87. The smallest absolute Gasteiger partial charge is 0.363 e. The van der Waals surface area contributed by atoms with Gasteiger partial charge in [-0.3, -0.25) is 0 Å². The normalized spacial score (nSPS) is 11.3. The Bertz CT molecular complexity index is 194. The SMILES string of the molecule is CCCCNC(=S)N(CC)CC(F)(F)F. The largest absolute Gasteiger partial charge is 0.406 e. The molecule has 0 spiro atoms. The Morgan fingerprint density at radius 2 is 1.93 bits per heavy atom. The molecule has 0 heterocycles. The Balaban J connectivity index is 4.00. The fraction of sp³-hybridized carbons (Fsp3) is 0.889. The molecule has 0 amide bonds. The lowest BCUT2D eigenvalue weighted by atomic mass is 10.3. The predicted molar refractivity (Wildman–Crippen MR) is 58.8 cm³/mol. The molecule has 0 atom stereocenters. The highest BCUT2D eigenvalue weighted by Gasteiger charge is 2.31. The number of nitrogens with zero attached hydrogens (tertiary/aromatic N) is 1. The van der Waals surface area contributed by atoms with Crippen LogP contribution in [0, 0.1) is 0 Å². The van der Waals surface area contributed by atoms with Crippen LogP contribution in [0.4, 0.5) is 13.2 Å². The maximum atomic E-state index is 12.1. The summed E-state index contributed by atoms with van der Waals surface area (Å²) in [6, 6.07) is 0. The van der Waals surface area contributed by atoms with E-state index >= 15 is 0 Å². The monoisotopic (exact) mass is 242 g/mol. The second-order valence-corrected chi connectivity index (χ2v) is 3.60. The summed E-state index contributed by atoms with van der Waals surface area (Å²) in [6.07, 6.45) is -2.31. The Hall–Kier alpha value is -0.520. The zero-order valence-electron chi connectivity index (χ0n) is 9.02. The van der Waals surface area contributed by atoms with Crippen LogP contribution in [0.5, 0.6) is 0 Å². The molecule has 0 aliphatic heterocycles. The molecular formula is C9H17F3N2S. The zero-order chi connectivity index (χ0) is 11.9. The first-order valence-electron chi connectivity index (χ1n) is 5.00. The Morgan fingerprint density at radius 1 is 1.33 bits per heavy atom. The molecule has 1 N–H and O–H groups in total. The van der Waals surface area contributed by atoms with Crippen LogP contribution in [-0.4, -0.2) is 35.8 Å². The molecule has 0 radical (unpaired) electrons. The molecule has 15 heavy (non-hydrogen) atoms. The second-order valence-electron chi connectivity index (χ2n) is 3.21. The molecule has 0 aliphatic rings. The highest BCUT2D eigenvalue weighted by Crippen LogP contribution is 2.16. The van der Waals surface area contributed by atoms with E-state index in [0.29, 0.717) is 6.54 Å². The molecule has 0 saturated carbocycles. The number of alkyl halides is 3. The van der Waals surface area contributed by atoms with E-state index in [1.165, 1.54) is 0 Å². The minimum atomic E-state index is -4.20. The molecule has 0 aromatic heterocycles. The quantitative estimate of drug-likeness (QED) is 0.589. The minimum Gasteiger partial charge on any atom is -0.363 e. The Morgan fingerprint density at radius 3 is 2.33 bits per heavy atom. The van der Waals surface area contributed by atoms with Gasteiger partial charge in [-0.25, -0.2) is 0 Å². The van der Waals surface area contributed by atoms with Gasteiger partial charge in [-0.2, -0.15) is 13.2 Å². The lowest BCUT2D eigenvalue weighted by Crippen LogP contribution is -2.44. The molecule has 0 bridgehead atoms. The topological polar surface area (TPSA) is 15.3 Å². The standard InChI is InChI=1S/C9H17F3N2S/c1-3-5-6-13-8(15)14(4-2)7-9(10,11)12/h3-7H2,1-2H3,(H,13,15). The second kappa shape index (κ2) is 6.87. The van der Waals surface area contributed by atoms with Gasteiger partial charge in [0.05, 0.1) is 0 Å². The number of halogens is 3. The molecule has 6 heteroatoms. The molecule has 90 valence electrons. The first-order chi connectivity index (χ1) is 6.90. The van der Waals surface area contributed by atoms with Crippen molar-refractivity contribution in [3.05, 3.63) is 0 Å². The molecule has 0 aromatic carbocycles. The van der Waals surface area contributed by atoms with Crippen LogP contribution in [0.15, 0.2) is 0 Å². The van der Waals surface area contributed by atoms with Gasteiger partial charge in [-0.1, -0.05) is 13.3 Å². The summed E-state index contributed by atoms with van der Waals surface area (Å²) in [6.45, 7) is 3.57. The van der Waals surface area contributed by atoms with Crippen molar-refractivity contribution >= 4 is 17.3 Å². The highest BCUT2D eigenvalue weighted by atomic mass is 32.1. The third-order valence-electron chi connectivity index (χ3n) is 1.85. The fourth-order valence-electron chi connectivity index (χ4n) is 1.03. The maximum absolute atomic E-state index is 12.1. The van der Waals surface area contributed by atoms with Gasteiger partial charge >= 0.3 is 6.18 Å². The van der Waals surface area contributed by atoms with Crippen LogP contribution in [0.3, 0.4) is 0 Å². The number of rotatable bonds is 5. The number of nitrogens with one attached hydrogen (secondary N) is 1. The summed E-state index contributed by atoms with van der Waals surface area (Å²) in [4.78, 5) is 1.12. The highest BCUT2D eigenvalue weighted by molar-refractivity contribution is 7.80. The minimum absolute atomic E-state index is 0.184. The van der Waals surface area contributed by atoms with Crippen LogP contribution in [-0.2, 0) is 0 Å². The Labute approximate surface area is 93.8 Å². The molecule has 0 aliphatic carbocycles. The third kappa shape index (κ3) is 7.41. The van der Waals surface area contributed by atoms with Gasteiger partial charge in [0.1, 0.15) is 6.54 Å². The average Bonchev–Trinajstić information content (AvgIpc) is 2.13. The van der Waals surface area contributed by atoms with Crippen molar-refractivity contribution in [1.29, 1.82) is 0 Å². The van der Waals surface area contributed by atoms with Crippen molar-refractivity contribution in [2.75, 3.05) is 19.6 Å². The summed E-state index contributed by atoms with van der Waals surface area (Å²) in [7, 11) is 0. The Kier molecular flexibility index (Phi) is 6.63. The summed E-state index contributed by atoms with van der Waals surface area (Å²) in [5.41, 5.74) is 0. The lowest BCUT2D eigenvalue weighted by molar-refractivity contribution is -0.137. The van der Waals surface area contributed by atoms with E-state index in [1.807, 2.05) is 6.92 Å². The molecule has 2 nitrogen and oxygen atoms in total. The van der Waals surface area contributed by atoms with Crippen molar-refractivity contribution in [3.8, 4) is 0 Å². The van der Waals surface area contributed by atoms with Crippen LogP contribution < -0.4 is 5.32 Å². The average molecular weight is 242 g/mol. The lowest BCUT2D eigenvalue weighted by Gasteiger charge is -2.25. The summed E-state index contributed by atoms with van der Waals surface area (Å²) < 4.78 is 36.3. The van der Waals surface area contributed by atoms with Crippen LogP contribution in [0.25, 0.3) is 0 Å². The first kappa shape index (κ1) is 14.5. The van der Waals surface area contributed by atoms with E-state index in [4.69, 9.17) is 12.2 Å². The van der Waals surface area contributed by atoms with Crippen LogP contribution in [0.1, 0.15) is 26.7 Å². The van der Waals surface area contributed by atoms with E-state index in [-0.39, 0.29) is 11.7 Å². The van der Waals surface area contributed by atoms with Gasteiger partial charge in [0.25, 0.3) is 0 Å². The number of thiocarbonyl (C=S) groups is 1. The maximum Gasteiger partial charge on any atom is 0.406 e. The van der Waals surface area contributed by atoms with Gasteiger partial charge in [-0.05, 0) is 25.6 Å². The van der Waals surface area contributed by atoms with Gasteiger partial charge in [-0.15, -0.1) is 0 Å². The van der Waals surface area contributed by atoms with Gasteiger partial charge in [0.2, 0.25) is 0 Å². The first-order valence-corrected chi connectivity index (χ1v) is 5.41. The van der Waals surface area contributed by atoms with Crippen LogP contribution in [0.2, 0.25) is 0 Å². The predicted octanol–water partition coefficient (Wildman–Crippen LogP) is 2.55.